The predicted molar refractivity (Wildman–Crippen MR) is 91.6 cm³/mol. The first kappa shape index (κ1) is 13.5. The lowest BCUT2D eigenvalue weighted by Gasteiger charge is -2.05. The van der Waals surface area contributed by atoms with E-state index in [2.05, 4.69) is 42.1 Å². The Morgan fingerprint density at radius 2 is 2.04 bits per heavy atom. The van der Waals surface area contributed by atoms with E-state index in [1.165, 1.54) is 12.8 Å². The van der Waals surface area contributed by atoms with E-state index in [4.69, 9.17) is 0 Å². The van der Waals surface area contributed by atoms with Gasteiger partial charge in [-0.3, -0.25) is 4.68 Å². The van der Waals surface area contributed by atoms with Crippen LogP contribution in [-0.2, 0) is 13.6 Å². The summed E-state index contributed by atoms with van der Waals surface area (Å²) in [6, 6.07) is 8.79. The van der Waals surface area contributed by atoms with Gasteiger partial charge in [-0.05, 0) is 18.9 Å². The molecule has 7 heteroatoms. The lowest BCUT2D eigenvalue weighted by atomic mass is 10.2. The minimum atomic E-state index is 0.553. The maximum atomic E-state index is 4.61. The molecule has 1 aliphatic carbocycles. The van der Waals surface area contributed by atoms with Crippen molar-refractivity contribution in [2.75, 3.05) is 5.32 Å². The van der Waals surface area contributed by atoms with Gasteiger partial charge in [0.2, 0.25) is 0 Å². The lowest BCUT2D eigenvalue weighted by molar-refractivity contribution is 0.756. The Balaban J connectivity index is 1.48. The first-order chi connectivity index (χ1) is 11.8. The van der Waals surface area contributed by atoms with Crippen LogP contribution in [0.3, 0.4) is 0 Å². The number of aromatic nitrogens is 6. The maximum absolute atomic E-state index is 4.61. The fourth-order valence-corrected chi connectivity index (χ4v) is 3.19. The SMILES string of the molecule is Cn1nc(CNc2ncnc3c2ncn3C2CC2)c2ccccc21. The molecule has 1 saturated carbocycles. The second-order valence-corrected chi connectivity index (χ2v) is 6.22. The van der Waals surface area contributed by atoms with E-state index in [0.717, 1.165) is 33.6 Å². The van der Waals surface area contributed by atoms with Crippen molar-refractivity contribution in [2.45, 2.75) is 25.4 Å². The largest absolute Gasteiger partial charge is 0.362 e. The zero-order valence-electron chi connectivity index (χ0n) is 13.3. The monoisotopic (exact) mass is 319 g/mol. The molecule has 7 nitrogen and oxygen atoms in total. The minimum absolute atomic E-state index is 0.553. The molecule has 120 valence electrons. The average Bonchev–Trinajstić information content (AvgIpc) is 3.28. The van der Waals surface area contributed by atoms with Gasteiger partial charge in [-0.2, -0.15) is 5.10 Å². The molecule has 5 rings (SSSR count). The van der Waals surface area contributed by atoms with Crippen molar-refractivity contribution < 1.29 is 0 Å². The van der Waals surface area contributed by atoms with Crippen molar-refractivity contribution >= 4 is 27.9 Å². The highest BCUT2D eigenvalue weighted by Crippen LogP contribution is 2.37. The van der Waals surface area contributed by atoms with Crippen LogP contribution in [0.4, 0.5) is 5.82 Å². The van der Waals surface area contributed by atoms with Crippen molar-refractivity contribution in [2.24, 2.45) is 7.05 Å². The summed E-state index contributed by atoms with van der Waals surface area (Å²) in [5.74, 6) is 0.758. The van der Waals surface area contributed by atoms with E-state index in [1.807, 2.05) is 30.2 Å². The molecule has 3 heterocycles. The molecule has 1 fully saturated rings. The number of para-hydroxylation sites is 1. The summed E-state index contributed by atoms with van der Waals surface area (Å²) in [6.45, 7) is 0.601. The van der Waals surface area contributed by atoms with Gasteiger partial charge in [-0.1, -0.05) is 18.2 Å². The molecule has 0 spiro atoms. The van der Waals surface area contributed by atoms with E-state index < -0.39 is 0 Å². The lowest BCUT2D eigenvalue weighted by Crippen LogP contribution is -2.04. The van der Waals surface area contributed by atoms with Crippen LogP contribution in [0, 0.1) is 0 Å². The van der Waals surface area contributed by atoms with Gasteiger partial charge in [0.25, 0.3) is 0 Å². The Morgan fingerprint density at radius 3 is 2.92 bits per heavy atom. The fourth-order valence-electron chi connectivity index (χ4n) is 3.19. The van der Waals surface area contributed by atoms with Crippen molar-refractivity contribution in [3.8, 4) is 0 Å². The highest BCUT2D eigenvalue weighted by molar-refractivity contribution is 5.84. The van der Waals surface area contributed by atoms with E-state index in [-0.39, 0.29) is 0 Å². The van der Waals surface area contributed by atoms with Crippen LogP contribution in [0.1, 0.15) is 24.6 Å². The summed E-state index contributed by atoms with van der Waals surface area (Å²) in [7, 11) is 1.96. The number of imidazole rings is 1. The summed E-state index contributed by atoms with van der Waals surface area (Å²) >= 11 is 0. The molecular formula is C17H17N7. The molecule has 4 aromatic rings. The standard InChI is InChI=1S/C17H17N7/c1-23-14-5-3-2-4-12(14)13(22-23)8-18-16-15-17(20-9-19-16)24(10-21-15)11-6-7-11/h2-5,9-11H,6-8H2,1H3,(H,18,19,20). The summed E-state index contributed by atoms with van der Waals surface area (Å²) in [4.78, 5) is 13.3. The highest BCUT2D eigenvalue weighted by atomic mass is 15.3. The van der Waals surface area contributed by atoms with Crippen LogP contribution >= 0.6 is 0 Å². The summed E-state index contributed by atoms with van der Waals surface area (Å²) in [5, 5.41) is 9.15. The smallest absolute Gasteiger partial charge is 0.165 e. The van der Waals surface area contributed by atoms with Crippen LogP contribution in [0.15, 0.2) is 36.9 Å². The third kappa shape index (κ3) is 2.05. The van der Waals surface area contributed by atoms with Crippen molar-refractivity contribution in [3.05, 3.63) is 42.6 Å². The van der Waals surface area contributed by atoms with Gasteiger partial charge >= 0.3 is 0 Å². The number of benzene rings is 1. The number of aryl methyl sites for hydroxylation is 1. The molecule has 0 unspecified atom stereocenters. The van der Waals surface area contributed by atoms with Crippen molar-refractivity contribution in [3.63, 3.8) is 0 Å². The van der Waals surface area contributed by atoms with Crippen LogP contribution < -0.4 is 5.32 Å². The van der Waals surface area contributed by atoms with Crippen LogP contribution in [0.25, 0.3) is 22.1 Å². The molecule has 1 N–H and O–H groups in total. The van der Waals surface area contributed by atoms with E-state index >= 15 is 0 Å². The first-order valence-corrected chi connectivity index (χ1v) is 8.13. The number of nitrogens with one attached hydrogen (secondary N) is 1. The molecule has 0 saturated heterocycles. The van der Waals surface area contributed by atoms with Gasteiger partial charge in [0.1, 0.15) is 11.8 Å². The first-order valence-electron chi connectivity index (χ1n) is 8.13. The fraction of sp³-hybridized carbons (Fsp3) is 0.294. The van der Waals surface area contributed by atoms with Crippen LogP contribution in [-0.4, -0.2) is 29.3 Å². The zero-order chi connectivity index (χ0) is 16.1. The normalized spacial score (nSPS) is 14.5. The van der Waals surface area contributed by atoms with Gasteiger partial charge in [0.15, 0.2) is 11.5 Å². The number of nitrogens with zero attached hydrogens (tertiary/aromatic N) is 6. The topological polar surface area (TPSA) is 73.5 Å². The molecule has 0 atom stereocenters. The van der Waals surface area contributed by atoms with Gasteiger partial charge in [0.05, 0.1) is 24.1 Å². The highest BCUT2D eigenvalue weighted by Gasteiger charge is 2.26. The molecule has 3 aromatic heterocycles. The molecule has 0 bridgehead atoms. The third-order valence-corrected chi connectivity index (χ3v) is 4.56. The number of rotatable bonds is 4. The maximum Gasteiger partial charge on any atom is 0.165 e. The van der Waals surface area contributed by atoms with E-state index in [1.54, 1.807) is 6.33 Å². The average molecular weight is 319 g/mol. The van der Waals surface area contributed by atoms with Crippen LogP contribution in [0.2, 0.25) is 0 Å². The van der Waals surface area contributed by atoms with Gasteiger partial charge < -0.3 is 9.88 Å². The van der Waals surface area contributed by atoms with Gasteiger partial charge in [-0.25, -0.2) is 15.0 Å². The minimum Gasteiger partial charge on any atom is -0.362 e. The second kappa shape index (κ2) is 5.02. The number of hydrogen-bond acceptors (Lipinski definition) is 5. The number of hydrogen-bond donors (Lipinski definition) is 1. The van der Waals surface area contributed by atoms with Gasteiger partial charge in [-0.15, -0.1) is 0 Å². The molecule has 0 radical (unpaired) electrons. The Labute approximate surface area is 138 Å². The van der Waals surface area contributed by atoms with E-state index in [9.17, 15) is 0 Å². The van der Waals surface area contributed by atoms with Gasteiger partial charge in [0, 0.05) is 18.5 Å². The Bertz CT molecular complexity index is 1040. The molecule has 0 amide bonds. The number of fused-ring (bicyclic) bond motifs is 2. The van der Waals surface area contributed by atoms with Crippen molar-refractivity contribution in [1.29, 1.82) is 0 Å². The quantitative estimate of drug-likeness (QED) is 0.626. The van der Waals surface area contributed by atoms with Crippen molar-refractivity contribution in [1.82, 2.24) is 29.3 Å². The molecule has 1 aliphatic rings. The Morgan fingerprint density at radius 1 is 1.17 bits per heavy atom. The molecule has 1 aromatic carbocycles. The number of anilines is 1. The Kier molecular flexibility index (Phi) is 2.82. The predicted octanol–water partition coefficient (Wildman–Crippen LogP) is 2.66. The van der Waals surface area contributed by atoms with E-state index in [0.29, 0.717) is 12.6 Å². The van der Waals surface area contributed by atoms with Crippen LogP contribution in [0.5, 0.6) is 0 Å². The molecule has 0 aliphatic heterocycles. The third-order valence-electron chi connectivity index (χ3n) is 4.56. The summed E-state index contributed by atoms with van der Waals surface area (Å²) < 4.78 is 4.06. The second-order valence-electron chi connectivity index (χ2n) is 6.22. The summed E-state index contributed by atoms with van der Waals surface area (Å²) in [5.41, 5.74) is 3.85. The molecule has 24 heavy (non-hydrogen) atoms. The Hall–Kier alpha value is -2.96. The molecular weight excluding hydrogens is 302 g/mol. The summed E-state index contributed by atoms with van der Waals surface area (Å²) in [6.07, 6.45) is 5.89. The zero-order valence-corrected chi connectivity index (χ0v) is 13.3.